The normalized spacial score (nSPS) is 17.9. The standard InChI is InChI=1S/C23H31NO3.ClH/c1-18(24-14-8-5-9-15-24)17-23(25,19-10-6-4-7-11-19)21-16-20(26-2)12-13-22(21)27-3;/h4,6-7,10-13,16,18,25H,5,8-9,14-15,17H2,1-3H3;1H. The van der Waals surface area contributed by atoms with Crippen molar-refractivity contribution < 1.29 is 14.6 Å². The van der Waals surface area contributed by atoms with E-state index in [9.17, 15) is 5.11 Å². The molecule has 1 aliphatic heterocycles. The number of rotatable bonds is 7. The fourth-order valence-corrected chi connectivity index (χ4v) is 4.15. The van der Waals surface area contributed by atoms with E-state index in [1.807, 2.05) is 48.5 Å². The van der Waals surface area contributed by atoms with Gasteiger partial charge in [0.05, 0.1) is 14.2 Å². The average molecular weight is 406 g/mol. The van der Waals surface area contributed by atoms with Crippen LogP contribution >= 0.6 is 12.4 Å². The number of ether oxygens (including phenoxy) is 2. The molecule has 2 atom stereocenters. The molecule has 4 nitrogen and oxygen atoms in total. The smallest absolute Gasteiger partial charge is 0.125 e. The van der Waals surface area contributed by atoms with Gasteiger partial charge in [0.2, 0.25) is 0 Å². The van der Waals surface area contributed by atoms with Gasteiger partial charge in [-0.2, -0.15) is 0 Å². The molecule has 0 aromatic heterocycles. The Bertz CT molecular complexity index is 734. The fourth-order valence-electron chi connectivity index (χ4n) is 4.15. The first-order valence-electron chi connectivity index (χ1n) is 9.83. The lowest BCUT2D eigenvalue weighted by atomic mass is 9.80. The minimum Gasteiger partial charge on any atom is -0.497 e. The van der Waals surface area contributed by atoms with Crippen LogP contribution in [0.3, 0.4) is 0 Å². The summed E-state index contributed by atoms with van der Waals surface area (Å²) in [7, 11) is 3.29. The molecular weight excluding hydrogens is 374 g/mol. The van der Waals surface area contributed by atoms with Gasteiger partial charge in [0.1, 0.15) is 17.1 Å². The minimum absolute atomic E-state index is 0. The second kappa shape index (κ2) is 10.1. The number of halogens is 1. The third-order valence-electron chi connectivity index (χ3n) is 5.71. The SMILES string of the molecule is COc1ccc(OC)c(C(O)(CC(C)N2CCCCC2)c2ccccc2)c1.Cl. The van der Waals surface area contributed by atoms with E-state index < -0.39 is 5.60 Å². The van der Waals surface area contributed by atoms with Crippen LogP contribution in [0.25, 0.3) is 0 Å². The molecule has 0 aliphatic carbocycles. The Hall–Kier alpha value is -1.75. The van der Waals surface area contributed by atoms with E-state index in [0.29, 0.717) is 17.9 Å². The Balaban J connectivity index is 0.00000280. The van der Waals surface area contributed by atoms with E-state index in [1.54, 1.807) is 14.2 Å². The van der Waals surface area contributed by atoms with Crippen molar-refractivity contribution in [1.82, 2.24) is 4.90 Å². The van der Waals surface area contributed by atoms with Crippen LogP contribution in [-0.2, 0) is 5.60 Å². The fraction of sp³-hybridized carbons (Fsp3) is 0.478. The Morgan fingerprint density at radius 1 is 1.00 bits per heavy atom. The van der Waals surface area contributed by atoms with Crippen LogP contribution in [0.4, 0.5) is 0 Å². The zero-order valence-corrected chi connectivity index (χ0v) is 17.9. The monoisotopic (exact) mass is 405 g/mol. The predicted molar refractivity (Wildman–Crippen MR) is 116 cm³/mol. The topological polar surface area (TPSA) is 41.9 Å². The van der Waals surface area contributed by atoms with E-state index in [1.165, 1.54) is 19.3 Å². The molecule has 154 valence electrons. The number of nitrogens with zero attached hydrogens (tertiary/aromatic N) is 1. The van der Waals surface area contributed by atoms with Crippen molar-refractivity contribution in [3.8, 4) is 11.5 Å². The molecule has 0 spiro atoms. The first-order valence-corrected chi connectivity index (χ1v) is 9.83. The maximum atomic E-state index is 12.0. The van der Waals surface area contributed by atoms with Gasteiger partial charge < -0.3 is 19.5 Å². The lowest BCUT2D eigenvalue weighted by Crippen LogP contribution is -2.42. The number of piperidine rings is 1. The molecule has 1 N–H and O–H groups in total. The van der Waals surface area contributed by atoms with Gasteiger partial charge in [-0.15, -0.1) is 12.4 Å². The van der Waals surface area contributed by atoms with Crippen LogP contribution in [0.5, 0.6) is 11.5 Å². The predicted octanol–water partition coefficient (Wildman–Crippen LogP) is 4.63. The summed E-state index contributed by atoms with van der Waals surface area (Å²) in [4.78, 5) is 2.49. The molecule has 3 rings (SSSR count). The van der Waals surface area contributed by atoms with Gasteiger partial charge in [-0.3, -0.25) is 0 Å². The third-order valence-corrected chi connectivity index (χ3v) is 5.71. The average Bonchev–Trinajstić information content (AvgIpc) is 2.74. The lowest BCUT2D eigenvalue weighted by Gasteiger charge is -2.39. The quantitative estimate of drug-likeness (QED) is 0.729. The molecule has 1 fully saturated rings. The van der Waals surface area contributed by atoms with Crippen molar-refractivity contribution in [2.75, 3.05) is 27.3 Å². The van der Waals surface area contributed by atoms with Crippen molar-refractivity contribution in [2.45, 2.75) is 44.2 Å². The second-order valence-corrected chi connectivity index (χ2v) is 7.44. The van der Waals surface area contributed by atoms with Crippen molar-refractivity contribution in [2.24, 2.45) is 0 Å². The summed E-state index contributed by atoms with van der Waals surface area (Å²) in [5, 5.41) is 12.0. The van der Waals surface area contributed by atoms with Gasteiger partial charge >= 0.3 is 0 Å². The Kier molecular flexibility index (Phi) is 8.17. The molecule has 1 aliphatic rings. The van der Waals surface area contributed by atoms with E-state index in [-0.39, 0.29) is 18.4 Å². The van der Waals surface area contributed by atoms with Crippen molar-refractivity contribution in [3.05, 3.63) is 59.7 Å². The first-order chi connectivity index (χ1) is 13.1. The molecule has 0 radical (unpaired) electrons. The Morgan fingerprint density at radius 3 is 2.29 bits per heavy atom. The summed E-state index contributed by atoms with van der Waals surface area (Å²) < 4.78 is 11.0. The van der Waals surface area contributed by atoms with Crippen LogP contribution in [0.1, 0.15) is 43.7 Å². The molecule has 28 heavy (non-hydrogen) atoms. The number of hydrogen-bond acceptors (Lipinski definition) is 4. The summed E-state index contributed by atoms with van der Waals surface area (Å²) in [6, 6.07) is 15.8. The maximum absolute atomic E-state index is 12.0. The second-order valence-electron chi connectivity index (χ2n) is 7.44. The van der Waals surface area contributed by atoms with Crippen LogP contribution < -0.4 is 9.47 Å². The molecule has 2 aromatic rings. The Labute approximate surface area is 174 Å². The van der Waals surface area contributed by atoms with Gasteiger partial charge in [0, 0.05) is 11.6 Å². The van der Waals surface area contributed by atoms with Crippen LogP contribution in [0.15, 0.2) is 48.5 Å². The van der Waals surface area contributed by atoms with E-state index >= 15 is 0 Å². The summed E-state index contributed by atoms with van der Waals surface area (Å²) >= 11 is 0. The molecular formula is C23H32ClNO3. The summed E-state index contributed by atoms with van der Waals surface area (Å²) in [5.41, 5.74) is 0.470. The van der Waals surface area contributed by atoms with Gasteiger partial charge in [-0.25, -0.2) is 0 Å². The molecule has 0 bridgehead atoms. The molecule has 2 unspecified atom stereocenters. The molecule has 2 aromatic carbocycles. The highest BCUT2D eigenvalue weighted by atomic mass is 35.5. The first kappa shape index (κ1) is 22.5. The molecule has 5 heteroatoms. The maximum Gasteiger partial charge on any atom is 0.125 e. The molecule has 0 saturated carbocycles. The van der Waals surface area contributed by atoms with E-state index in [2.05, 4.69) is 11.8 Å². The number of methoxy groups -OCH3 is 2. The highest BCUT2D eigenvalue weighted by molar-refractivity contribution is 5.85. The van der Waals surface area contributed by atoms with Gasteiger partial charge in [0.15, 0.2) is 0 Å². The van der Waals surface area contributed by atoms with Gasteiger partial charge in [-0.05, 0) is 63.0 Å². The molecule has 1 saturated heterocycles. The Morgan fingerprint density at radius 2 is 1.68 bits per heavy atom. The van der Waals surface area contributed by atoms with Crippen LogP contribution in [0, 0.1) is 0 Å². The van der Waals surface area contributed by atoms with E-state index in [0.717, 1.165) is 24.2 Å². The minimum atomic E-state index is -1.15. The summed E-state index contributed by atoms with van der Waals surface area (Å²) in [6.07, 6.45) is 4.36. The number of likely N-dealkylation sites (tertiary alicyclic amines) is 1. The number of benzene rings is 2. The van der Waals surface area contributed by atoms with Gasteiger partial charge in [-0.1, -0.05) is 36.8 Å². The van der Waals surface area contributed by atoms with Crippen molar-refractivity contribution in [1.29, 1.82) is 0 Å². The largest absolute Gasteiger partial charge is 0.497 e. The van der Waals surface area contributed by atoms with Crippen LogP contribution in [0.2, 0.25) is 0 Å². The van der Waals surface area contributed by atoms with E-state index in [4.69, 9.17) is 9.47 Å². The summed E-state index contributed by atoms with van der Waals surface area (Å²) in [5.74, 6) is 1.39. The highest BCUT2D eigenvalue weighted by Gasteiger charge is 2.37. The number of aliphatic hydroxyl groups is 1. The van der Waals surface area contributed by atoms with Crippen molar-refractivity contribution >= 4 is 12.4 Å². The van der Waals surface area contributed by atoms with Crippen molar-refractivity contribution in [3.63, 3.8) is 0 Å². The van der Waals surface area contributed by atoms with Crippen LogP contribution in [-0.4, -0.2) is 43.4 Å². The highest BCUT2D eigenvalue weighted by Crippen LogP contribution is 2.41. The van der Waals surface area contributed by atoms with Gasteiger partial charge in [0.25, 0.3) is 0 Å². The zero-order chi connectivity index (χ0) is 19.3. The third kappa shape index (κ3) is 4.80. The number of hydrogen-bond donors (Lipinski definition) is 1. The summed E-state index contributed by atoms with van der Waals surface area (Å²) in [6.45, 7) is 4.41. The lowest BCUT2D eigenvalue weighted by molar-refractivity contribution is 0.0302. The zero-order valence-electron chi connectivity index (χ0n) is 17.1. The molecule has 1 heterocycles. The molecule has 0 amide bonds.